The molecule has 0 saturated carbocycles. The molecule has 302 valence electrons. The van der Waals surface area contributed by atoms with E-state index in [1.165, 1.54) is 36.6 Å². The molecule has 15 rings (SSSR count). The zero-order valence-electron chi connectivity index (χ0n) is 34.7. The maximum absolute atomic E-state index is 6.75. The molecule has 6 heterocycles. The molecule has 4 aromatic heterocycles. The summed E-state index contributed by atoms with van der Waals surface area (Å²) >= 11 is 1.86. The molecule has 65 heavy (non-hydrogen) atoms. The summed E-state index contributed by atoms with van der Waals surface area (Å²) in [4.78, 5) is 5.04. The lowest BCUT2D eigenvalue weighted by molar-refractivity contribution is 0.615. The third-order valence-corrected chi connectivity index (χ3v) is 15.0. The summed E-state index contributed by atoms with van der Waals surface area (Å²) in [6, 6.07) is 68.1. The molecule has 0 spiro atoms. The minimum atomic E-state index is -0.132. The zero-order valence-corrected chi connectivity index (χ0v) is 35.5. The van der Waals surface area contributed by atoms with Gasteiger partial charge in [0, 0.05) is 76.3 Å². The van der Waals surface area contributed by atoms with Crippen LogP contribution in [0.3, 0.4) is 0 Å². The van der Waals surface area contributed by atoms with Gasteiger partial charge >= 0.3 is 0 Å². The SMILES string of the molecule is c1ccc(-c2ccc3occc3c2N2c3cc4oc5ccccc5c4cc3B3c4cc5c(cc4N(c4c(-c6ccccc6)ccc6occc46)c4cccc2c43)sc2ccccc25)cc1. The van der Waals surface area contributed by atoms with Crippen molar-refractivity contribution in [1.82, 2.24) is 0 Å². The summed E-state index contributed by atoms with van der Waals surface area (Å²) in [6.45, 7) is -0.132. The van der Waals surface area contributed by atoms with Gasteiger partial charge < -0.3 is 23.1 Å². The average molecular weight is 849 g/mol. The van der Waals surface area contributed by atoms with Gasteiger partial charge in [0.05, 0.1) is 23.9 Å². The Hall–Kier alpha value is -8.26. The largest absolute Gasteiger partial charge is 0.464 e. The molecule has 0 radical (unpaired) electrons. The summed E-state index contributed by atoms with van der Waals surface area (Å²) in [5.41, 5.74) is 18.2. The number of benzene rings is 9. The Morgan fingerprint density at radius 1 is 0.369 bits per heavy atom. The number of thiophene rings is 1. The Morgan fingerprint density at radius 2 is 0.938 bits per heavy atom. The van der Waals surface area contributed by atoms with E-state index in [4.69, 9.17) is 13.3 Å². The molecule has 0 amide bonds. The number of anilines is 6. The van der Waals surface area contributed by atoms with Crippen LogP contribution in [-0.2, 0) is 0 Å². The van der Waals surface area contributed by atoms with Gasteiger partial charge in [-0.15, -0.1) is 11.3 Å². The fourth-order valence-electron chi connectivity index (χ4n) is 11.1. The van der Waals surface area contributed by atoms with Gasteiger partial charge in [-0.3, -0.25) is 0 Å². The van der Waals surface area contributed by atoms with Gasteiger partial charge in [0.15, 0.2) is 0 Å². The van der Waals surface area contributed by atoms with E-state index in [0.29, 0.717) is 0 Å². The van der Waals surface area contributed by atoms with Crippen LogP contribution in [-0.4, -0.2) is 6.71 Å². The van der Waals surface area contributed by atoms with Gasteiger partial charge in [0.25, 0.3) is 6.71 Å². The van der Waals surface area contributed by atoms with E-state index >= 15 is 0 Å². The van der Waals surface area contributed by atoms with Crippen LogP contribution >= 0.6 is 11.3 Å². The first kappa shape index (κ1) is 35.2. The summed E-state index contributed by atoms with van der Waals surface area (Å²) < 4.78 is 21.7. The van der Waals surface area contributed by atoms with Gasteiger partial charge in [0.2, 0.25) is 0 Å². The number of fused-ring (bicyclic) bond motifs is 12. The molecule has 0 atom stereocenters. The lowest BCUT2D eigenvalue weighted by Crippen LogP contribution is -2.61. The third-order valence-electron chi connectivity index (χ3n) is 13.8. The number of hydrogen-bond acceptors (Lipinski definition) is 6. The minimum Gasteiger partial charge on any atom is -0.464 e. The molecule has 7 heteroatoms. The highest BCUT2D eigenvalue weighted by Gasteiger charge is 2.45. The molecular formula is C58H33BN2O3S. The highest BCUT2D eigenvalue weighted by molar-refractivity contribution is 7.26. The maximum Gasteiger partial charge on any atom is 0.252 e. The molecule has 9 aromatic carbocycles. The van der Waals surface area contributed by atoms with Crippen molar-refractivity contribution in [3.63, 3.8) is 0 Å². The lowest BCUT2D eigenvalue weighted by atomic mass is 9.33. The van der Waals surface area contributed by atoms with E-state index in [-0.39, 0.29) is 6.71 Å². The molecule has 13 aromatic rings. The van der Waals surface area contributed by atoms with Crippen LogP contribution in [0.5, 0.6) is 0 Å². The van der Waals surface area contributed by atoms with E-state index in [0.717, 1.165) is 100 Å². The smallest absolute Gasteiger partial charge is 0.252 e. The Balaban J connectivity index is 1.12. The number of furan rings is 3. The third kappa shape index (κ3) is 4.87. The van der Waals surface area contributed by atoms with Gasteiger partial charge in [-0.2, -0.15) is 0 Å². The molecule has 0 fully saturated rings. The summed E-state index contributed by atoms with van der Waals surface area (Å²) in [5.74, 6) is 0. The molecule has 0 unspecified atom stereocenters. The monoisotopic (exact) mass is 848 g/mol. The van der Waals surface area contributed by atoms with Crippen molar-refractivity contribution in [2.45, 2.75) is 0 Å². The van der Waals surface area contributed by atoms with Crippen molar-refractivity contribution >= 4 is 133 Å². The lowest BCUT2D eigenvalue weighted by Gasteiger charge is -2.45. The Kier molecular flexibility index (Phi) is 7.12. The standard InChI is InChI=1S/C58H33BN2O3S/c1-3-12-34(13-4-1)36-22-24-50-40(26-28-62-50)57(36)60-46-18-11-19-47-56(46)59(44-30-42-38-16-7-9-20-52(38)64-53(42)32-48(44)60)45-31-43-39-17-8-10-21-54(39)65-55(43)33-49(45)61(47)58-37(35-14-5-2-6-15-35)23-25-51-41(58)27-29-63-51/h1-33H. The minimum absolute atomic E-state index is 0.132. The van der Waals surface area contributed by atoms with Gasteiger partial charge in [-0.1, -0.05) is 115 Å². The van der Waals surface area contributed by atoms with Crippen molar-refractivity contribution < 1.29 is 13.3 Å². The molecule has 5 nitrogen and oxygen atoms in total. The second-order valence-corrected chi connectivity index (χ2v) is 18.2. The maximum atomic E-state index is 6.75. The molecule has 0 N–H and O–H groups in total. The topological polar surface area (TPSA) is 45.9 Å². The van der Waals surface area contributed by atoms with Crippen LogP contribution in [0.2, 0.25) is 0 Å². The molecule has 2 aliphatic rings. The van der Waals surface area contributed by atoms with Crippen LogP contribution in [0.4, 0.5) is 34.1 Å². The van der Waals surface area contributed by atoms with Gasteiger partial charge in [-0.05, 0) is 99.6 Å². The van der Waals surface area contributed by atoms with Crippen LogP contribution in [0.15, 0.2) is 214 Å². The van der Waals surface area contributed by atoms with Crippen LogP contribution in [0.25, 0.3) is 86.3 Å². The fourth-order valence-corrected chi connectivity index (χ4v) is 12.2. The highest BCUT2D eigenvalue weighted by Crippen LogP contribution is 2.53. The second-order valence-electron chi connectivity index (χ2n) is 17.1. The average Bonchev–Trinajstić information content (AvgIpc) is 4.18. The summed E-state index contributed by atoms with van der Waals surface area (Å²) in [5, 5.41) is 6.84. The zero-order chi connectivity index (χ0) is 42.3. The Labute approximate surface area is 376 Å². The molecule has 0 bridgehead atoms. The fraction of sp³-hybridized carbons (Fsp3) is 0. The highest BCUT2D eigenvalue weighted by atomic mass is 32.1. The predicted molar refractivity (Wildman–Crippen MR) is 271 cm³/mol. The van der Waals surface area contributed by atoms with E-state index in [2.05, 4.69) is 198 Å². The van der Waals surface area contributed by atoms with E-state index in [1.54, 1.807) is 0 Å². The van der Waals surface area contributed by atoms with Crippen LogP contribution in [0, 0.1) is 0 Å². The number of rotatable bonds is 4. The normalized spacial score (nSPS) is 13.1. The van der Waals surface area contributed by atoms with Crippen LogP contribution in [0.1, 0.15) is 0 Å². The quantitative estimate of drug-likeness (QED) is 0.165. The van der Waals surface area contributed by atoms with Crippen molar-refractivity contribution in [3.05, 3.63) is 201 Å². The summed E-state index contributed by atoms with van der Waals surface area (Å²) in [6.07, 6.45) is 3.63. The molecule has 0 aliphatic carbocycles. The molecule has 2 aliphatic heterocycles. The van der Waals surface area contributed by atoms with Gasteiger partial charge in [0.1, 0.15) is 22.3 Å². The number of para-hydroxylation sites is 1. The van der Waals surface area contributed by atoms with E-state index in [1.807, 2.05) is 23.9 Å². The second kappa shape index (κ2) is 13.1. The first-order valence-corrected chi connectivity index (χ1v) is 22.8. The molecular weight excluding hydrogens is 816 g/mol. The van der Waals surface area contributed by atoms with Crippen molar-refractivity contribution in [3.8, 4) is 22.3 Å². The van der Waals surface area contributed by atoms with Crippen molar-refractivity contribution in [2.75, 3.05) is 9.80 Å². The number of nitrogens with zero attached hydrogens (tertiary/aromatic N) is 2. The summed E-state index contributed by atoms with van der Waals surface area (Å²) in [7, 11) is 0. The van der Waals surface area contributed by atoms with Crippen molar-refractivity contribution in [2.24, 2.45) is 0 Å². The predicted octanol–water partition coefficient (Wildman–Crippen LogP) is 14.9. The Morgan fingerprint density at radius 3 is 1.60 bits per heavy atom. The van der Waals surface area contributed by atoms with Crippen LogP contribution < -0.4 is 26.2 Å². The molecule has 0 saturated heterocycles. The number of hydrogen-bond donors (Lipinski definition) is 0. The van der Waals surface area contributed by atoms with Crippen molar-refractivity contribution in [1.29, 1.82) is 0 Å². The first-order valence-electron chi connectivity index (χ1n) is 22.0. The Bertz CT molecular complexity index is 3850. The van der Waals surface area contributed by atoms with Gasteiger partial charge in [-0.25, -0.2) is 0 Å². The van der Waals surface area contributed by atoms with E-state index in [9.17, 15) is 0 Å². The first-order chi connectivity index (χ1) is 32.2. The van der Waals surface area contributed by atoms with E-state index < -0.39 is 0 Å².